The van der Waals surface area contributed by atoms with Crippen LogP contribution in [-0.2, 0) is 28.5 Å². The number of carbonyl (C=O) groups is 4. The average molecular weight is 615 g/mol. The first-order valence-electron chi connectivity index (χ1n) is 14.8. The topological polar surface area (TPSA) is 114 Å². The minimum Gasteiger partial charge on any atom is -0.462 e. The third-order valence-corrected chi connectivity index (χ3v) is 7.41. The highest BCUT2D eigenvalue weighted by atomic mass is 16.6. The van der Waals surface area contributed by atoms with E-state index in [-0.39, 0.29) is 42.5 Å². The maximum atomic E-state index is 12.7. The molecule has 2 aromatic rings. The number of aryl methyl sites for hydroxylation is 1. The molecule has 0 heterocycles. The Labute approximate surface area is 263 Å². The van der Waals surface area contributed by atoms with Gasteiger partial charge in [0.05, 0.1) is 35.8 Å². The highest BCUT2D eigenvalue weighted by Crippen LogP contribution is 2.25. The number of methoxy groups -OCH3 is 1. The molecule has 0 bridgehead atoms. The molecular weight excluding hydrogens is 576 g/mol. The van der Waals surface area contributed by atoms with E-state index in [1.807, 2.05) is 51.1 Å². The number of esters is 4. The Hall–Kier alpha value is -4.76. The van der Waals surface area contributed by atoms with E-state index < -0.39 is 30.1 Å². The van der Waals surface area contributed by atoms with E-state index >= 15 is 0 Å². The lowest BCUT2D eigenvalue weighted by molar-refractivity contribution is -0.140. The van der Waals surface area contributed by atoms with Crippen molar-refractivity contribution >= 4 is 23.9 Å². The third-order valence-electron chi connectivity index (χ3n) is 7.41. The second-order valence-corrected chi connectivity index (χ2v) is 11.3. The van der Waals surface area contributed by atoms with Crippen LogP contribution in [0, 0.1) is 24.7 Å². The largest absolute Gasteiger partial charge is 0.462 e. The van der Waals surface area contributed by atoms with Gasteiger partial charge in [-0.3, -0.25) is 4.79 Å². The van der Waals surface area contributed by atoms with E-state index in [2.05, 4.69) is 0 Å². The van der Waals surface area contributed by atoms with Crippen molar-refractivity contribution in [1.82, 2.24) is 0 Å². The fourth-order valence-corrected chi connectivity index (χ4v) is 4.75. The van der Waals surface area contributed by atoms with Gasteiger partial charge in [0.1, 0.15) is 11.9 Å². The summed E-state index contributed by atoms with van der Waals surface area (Å²) in [6, 6.07) is 13.2. The van der Waals surface area contributed by atoms with Crippen LogP contribution in [0.25, 0.3) is 0 Å². The summed E-state index contributed by atoms with van der Waals surface area (Å²) in [7, 11) is 1.46. The second kappa shape index (κ2) is 15.3. The molecule has 4 rings (SSSR count). The SMILES string of the molecule is COC1C=C(C(=O)OCC(C)COC(=O)c2ccc(OC(=O)C3C=CC(C)=CC3C)cc2)C=CC1OC(=O)c1ccc(C)cc1. The summed E-state index contributed by atoms with van der Waals surface area (Å²) in [6.07, 6.45) is 9.04. The van der Waals surface area contributed by atoms with Gasteiger partial charge >= 0.3 is 23.9 Å². The summed E-state index contributed by atoms with van der Waals surface area (Å²) in [5.41, 5.74) is 3.11. The quantitative estimate of drug-likeness (QED) is 0.178. The zero-order valence-electron chi connectivity index (χ0n) is 26.1. The van der Waals surface area contributed by atoms with Gasteiger partial charge in [0, 0.05) is 13.0 Å². The molecule has 0 spiro atoms. The highest BCUT2D eigenvalue weighted by molar-refractivity contribution is 5.93. The van der Waals surface area contributed by atoms with Gasteiger partial charge in [-0.2, -0.15) is 0 Å². The van der Waals surface area contributed by atoms with Crippen LogP contribution < -0.4 is 4.74 Å². The molecule has 2 aliphatic carbocycles. The van der Waals surface area contributed by atoms with Crippen LogP contribution in [0.1, 0.15) is 47.1 Å². The van der Waals surface area contributed by atoms with Crippen molar-refractivity contribution in [3.05, 3.63) is 113 Å². The summed E-state index contributed by atoms with van der Waals surface area (Å²) in [5.74, 6) is -2.27. The van der Waals surface area contributed by atoms with Gasteiger partial charge in [-0.1, -0.05) is 55.3 Å². The second-order valence-electron chi connectivity index (χ2n) is 11.3. The molecule has 2 aliphatic rings. The maximum absolute atomic E-state index is 12.7. The summed E-state index contributed by atoms with van der Waals surface area (Å²) in [6.45, 7) is 7.69. The van der Waals surface area contributed by atoms with E-state index in [0.717, 1.165) is 11.1 Å². The van der Waals surface area contributed by atoms with Crippen molar-refractivity contribution in [3.63, 3.8) is 0 Å². The molecule has 0 radical (unpaired) electrons. The van der Waals surface area contributed by atoms with Crippen molar-refractivity contribution in [3.8, 4) is 5.75 Å². The van der Waals surface area contributed by atoms with Crippen LogP contribution in [0.15, 0.2) is 96.1 Å². The van der Waals surface area contributed by atoms with Crippen molar-refractivity contribution in [2.24, 2.45) is 17.8 Å². The third kappa shape index (κ3) is 9.12. The zero-order chi connectivity index (χ0) is 32.5. The lowest BCUT2D eigenvalue weighted by atomic mass is 9.87. The number of hydrogen-bond acceptors (Lipinski definition) is 9. The first kappa shape index (κ1) is 33.1. The van der Waals surface area contributed by atoms with Gasteiger partial charge in [0.25, 0.3) is 0 Å². The van der Waals surface area contributed by atoms with Gasteiger partial charge in [0.15, 0.2) is 6.10 Å². The molecule has 5 atom stereocenters. The number of benzene rings is 2. The Kier molecular flexibility index (Phi) is 11.3. The predicted octanol–water partition coefficient (Wildman–Crippen LogP) is 5.74. The van der Waals surface area contributed by atoms with E-state index in [1.165, 1.54) is 25.3 Å². The molecule has 0 aromatic heterocycles. The fraction of sp³-hybridized carbons (Fsp3) is 0.333. The smallest absolute Gasteiger partial charge is 0.338 e. The fourth-order valence-electron chi connectivity index (χ4n) is 4.75. The summed E-state index contributed by atoms with van der Waals surface area (Å²) < 4.78 is 27.3. The Balaban J connectivity index is 1.20. The Morgan fingerprint density at radius 3 is 2.02 bits per heavy atom. The van der Waals surface area contributed by atoms with Gasteiger partial charge < -0.3 is 23.7 Å². The Bertz CT molecular complexity index is 1510. The van der Waals surface area contributed by atoms with Gasteiger partial charge in [0.2, 0.25) is 0 Å². The molecule has 9 heteroatoms. The molecule has 9 nitrogen and oxygen atoms in total. The molecule has 45 heavy (non-hydrogen) atoms. The normalized spacial score (nSPS) is 21.2. The average Bonchev–Trinajstić information content (AvgIpc) is 3.03. The zero-order valence-corrected chi connectivity index (χ0v) is 26.1. The van der Waals surface area contributed by atoms with E-state index in [9.17, 15) is 19.2 Å². The highest BCUT2D eigenvalue weighted by Gasteiger charge is 2.28. The maximum Gasteiger partial charge on any atom is 0.338 e. The summed E-state index contributed by atoms with van der Waals surface area (Å²) >= 11 is 0. The number of rotatable bonds is 11. The molecule has 2 aromatic carbocycles. The van der Waals surface area contributed by atoms with Crippen LogP contribution in [-0.4, -0.2) is 56.4 Å². The standard InChI is InChI=1S/C36H38O9/c1-22-6-9-27(10-7-22)35(39)45-31-17-13-28(19-32(31)41-5)34(38)43-21-24(3)20-42-33(37)26-11-14-29(15-12-26)44-36(40)30-16-8-23(2)18-25(30)4/h6-19,24-25,30-32H,20-21H2,1-5H3. The van der Waals surface area contributed by atoms with Gasteiger partial charge in [-0.05, 0) is 74.4 Å². The van der Waals surface area contributed by atoms with Crippen molar-refractivity contribution in [2.45, 2.75) is 39.9 Å². The van der Waals surface area contributed by atoms with Crippen LogP contribution in [0.4, 0.5) is 0 Å². The van der Waals surface area contributed by atoms with Crippen molar-refractivity contribution in [2.75, 3.05) is 20.3 Å². The number of hydrogen-bond donors (Lipinski definition) is 0. The van der Waals surface area contributed by atoms with Gasteiger partial charge in [-0.15, -0.1) is 0 Å². The summed E-state index contributed by atoms with van der Waals surface area (Å²) in [4.78, 5) is 50.3. The first-order valence-corrected chi connectivity index (χ1v) is 14.8. The number of carbonyl (C=O) groups excluding carboxylic acids is 4. The monoisotopic (exact) mass is 614 g/mol. The molecule has 236 valence electrons. The first-order chi connectivity index (χ1) is 21.5. The predicted molar refractivity (Wildman–Crippen MR) is 166 cm³/mol. The molecule has 0 fully saturated rings. The minimum atomic E-state index is -0.709. The molecule has 0 saturated carbocycles. The van der Waals surface area contributed by atoms with Crippen LogP contribution >= 0.6 is 0 Å². The molecule has 0 amide bonds. The summed E-state index contributed by atoms with van der Waals surface area (Å²) in [5, 5.41) is 0. The van der Waals surface area contributed by atoms with Crippen LogP contribution in [0.5, 0.6) is 5.75 Å². The van der Waals surface area contributed by atoms with E-state index in [1.54, 1.807) is 43.3 Å². The molecule has 0 saturated heterocycles. The molecular formula is C36H38O9. The molecule has 0 aliphatic heterocycles. The van der Waals surface area contributed by atoms with Crippen molar-refractivity contribution < 1.29 is 42.9 Å². The van der Waals surface area contributed by atoms with E-state index in [4.69, 9.17) is 23.7 Å². The lowest BCUT2D eigenvalue weighted by Gasteiger charge is -2.24. The van der Waals surface area contributed by atoms with E-state index in [0.29, 0.717) is 16.9 Å². The molecule has 0 N–H and O–H groups in total. The van der Waals surface area contributed by atoms with Crippen LogP contribution in [0.2, 0.25) is 0 Å². The van der Waals surface area contributed by atoms with Gasteiger partial charge in [-0.25, -0.2) is 14.4 Å². The Morgan fingerprint density at radius 1 is 0.756 bits per heavy atom. The number of allylic oxidation sites excluding steroid dienone is 3. The minimum absolute atomic E-state index is 0.0123. The van der Waals surface area contributed by atoms with Crippen LogP contribution in [0.3, 0.4) is 0 Å². The number of ether oxygens (including phenoxy) is 5. The molecule has 5 unspecified atom stereocenters. The van der Waals surface area contributed by atoms with Crippen molar-refractivity contribution in [1.29, 1.82) is 0 Å². The lowest BCUT2D eigenvalue weighted by Crippen LogP contribution is -2.33. The Morgan fingerprint density at radius 2 is 1.38 bits per heavy atom.